The minimum absolute atomic E-state index is 0.599. The van der Waals surface area contributed by atoms with Gasteiger partial charge in [-0.05, 0) is 45.8 Å². The van der Waals surface area contributed by atoms with E-state index in [1.54, 1.807) is 14.2 Å². The van der Waals surface area contributed by atoms with Crippen molar-refractivity contribution >= 4 is 27.5 Å². The highest BCUT2D eigenvalue weighted by Crippen LogP contribution is 2.13. The highest BCUT2D eigenvalue weighted by Gasteiger charge is 2.04. The number of benzene rings is 1. The summed E-state index contributed by atoms with van der Waals surface area (Å²) in [4.78, 5) is 8.83. The molecule has 0 amide bonds. The molecule has 2 aromatic heterocycles. The summed E-state index contributed by atoms with van der Waals surface area (Å²) in [5.41, 5.74) is 3.02. The SMILES string of the molecule is CN=C(NCc1ccc(OC)cc1)NCc1cn2cc(Br)ccc2n1. The van der Waals surface area contributed by atoms with E-state index in [0.29, 0.717) is 13.1 Å². The van der Waals surface area contributed by atoms with Crippen molar-refractivity contribution in [1.29, 1.82) is 0 Å². The van der Waals surface area contributed by atoms with Gasteiger partial charge in [-0.2, -0.15) is 0 Å². The number of aliphatic imine (C=N–C) groups is 1. The third-order valence-electron chi connectivity index (χ3n) is 3.74. The van der Waals surface area contributed by atoms with Crippen LogP contribution >= 0.6 is 15.9 Å². The number of hydrogen-bond donors (Lipinski definition) is 2. The summed E-state index contributed by atoms with van der Waals surface area (Å²) in [6, 6.07) is 11.9. The summed E-state index contributed by atoms with van der Waals surface area (Å²) in [6.07, 6.45) is 3.99. The van der Waals surface area contributed by atoms with E-state index in [1.165, 1.54) is 0 Å². The first kappa shape index (κ1) is 17.3. The molecule has 0 spiro atoms. The molecule has 0 saturated heterocycles. The topological polar surface area (TPSA) is 63.0 Å². The molecule has 6 nitrogen and oxygen atoms in total. The summed E-state index contributed by atoms with van der Waals surface area (Å²) >= 11 is 3.47. The largest absolute Gasteiger partial charge is 0.497 e. The summed E-state index contributed by atoms with van der Waals surface area (Å²) in [5.74, 6) is 1.58. The number of pyridine rings is 1. The van der Waals surface area contributed by atoms with E-state index in [0.717, 1.165) is 33.1 Å². The highest BCUT2D eigenvalue weighted by atomic mass is 79.9. The van der Waals surface area contributed by atoms with Crippen molar-refractivity contribution in [2.75, 3.05) is 14.2 Å². The van der Waals surface area contributed by atoms with Crippen LogP contribution in [0.3, 0.4) is 0 Å². The van der Waals surface area contributed by atoms with Gasteiger partial charge in [-0.15, -0.1) is 0 Å². The Hall–Kier alpha value is -2.54. The van der Waals surface area contributed by atoms with Crippen LogP contribution in [0.5, 0.6) is 5.75 Å². The zero-order chi connectivity index (χ0) is 17.6. The first-order chi connectivity index (χ1) is 12.2. The average molecular weight is 402 g/mol. The van der Waals surface area contributed by atoms with Crippen molar-refractivity contribution in [3.8, 4) is 5.75 Å². The van der Waals surface area contributed by atoms with Gasteiger partial charge in [0.15, 0.2) is 5.96 Å². The van der Waals surface area contributed by atoms with E-state index in [2.05, 4.69) is 36.5 Å². The van der Waals surface area contributed by atoms with Crippen molar-refractivity contribution in [3.63, 3.8) is 0 Å². The lowest BCUT2D eigenvalue weighted by Crippen LogP contribution is -2.36. The lowest BCUT2D eigenvalue weighted by atomic mass is 10.2. The predicted octanol–water partition coefficient (Wildman–Crippen LogP) is 2.97. The van der Waals surface area contributed by atoms with Crippen molar-refractivity contribution in [2.45, 2.75) is 13.1 Å². The van der Waals surface area contributed by atoms with E-state index in [-0.39, 0.29) is 0 Å². The number of halogens is 1. The molecule has 1 aromatic carbocycles. The number of nitrogens with zero attached hydrogens (tertiary/aromatic N) is 3. The van der Waals surface area contributed by atoms with E-state index in [4.69, 9.17) is 4.74 Å². The van der Waals surface area contributed by atoms with Crippen molar-refractivity contribution < 1.29 is 4.74 Å². The van der Waals surface area contributed by atoms with Gasteiger partial charge in [0.25, 0.3) is 0 Å². The first-order valence-electron chi connectivity index (χ1n) is 7.88. The number of guanidine groups is 1. The van der Waals surface area contributed by atoms with E-state index < -0.39 is 0 Å². The molecule has 0 unspecified atom stereocenters. The van der Waals surface area contributed by atoms with Crippen molar-refractivity contribution in [2.24, 2.45) is 4.99 Å². The molecule has 0 aliphatic rings. The van der Waals surface area contributed by atoms with Gasteiger partial charge in [0.1, 0.15) is 11.4 Å². The normalized spacial score (nSPS) is 11.6. The maximum absolute atomic E-state index is 5.17. The number of rotatable bonds is 5. The fourth-order valence-electron chi connectivity index (χ4n) is 2.43. The second-order valence-electron chi connectivity index (χ2n) is 5.47. The minimum Gasteiger partial charge on any atom is -0.497 e. The molecule has 0 radical (unpaired) electrons. The lowest BCUT2D eigenvalue weighted by molar-refractivity contribution is 0.414. The van der Waals surface area contributed by atoms with E-state index in [9.17, 15) is 0 Å². The molecule has 2 N–H and O–H groups in total. The Kier molecular flexibility index (Phi) is 5.55. The van der Waals surface area contributed by atoms with Gasteiger partial charge in [-0.3, -0.25) is 4.99 Å². The van der Waals surface area contributed by atoms with Crippen LogP contribution in [0.4, 0.5) is 0 Å². The molecular weight excluding hydrogens is 382 g/mol. The number of aromatic nitrogens is 2. The minimum atomic E-state index is 0.599. The van der Waals surface area contributed by atoms with Gasteiger partial charge in [0.2, 0.25) is 0 Å². The second-order valence-corrected chi connectivity index (χ2v) is 6.39. The zero-order valence-electron chi connectivity index (χ0n) is 14.2. The zero-order valence-corrected chi connectivity index (χ0v) is 15.7. The Bertz CT molecular complexity index is 873. The molecule has 130 valence electrons. The summed E-state index contributed by atoms with van der Waals surface area (Å²) in [5, 5.41) is 6.57. The van der Waals surface area contributed by atoms with Crippen LogP contribution in [-0.2, 0) is 13.1 Å². The molecule has 3 aromatic rings. The Balaban J connectivity index is 1.56. The summed E-state index contributed by atoms with van der Waals surface area (Å²) in [6.45, 7) is 1.28. The monoisotopic (exact) mass is 401 g/mol. The third kappa shape index (κ3) is 4.51. The predicted molar refractivity (Wildman–Crippen MR) is 103 cm³/mol. The van der Waals surface area contributed by atoms with Crippen LogP contribution in [-0.4, -0.2) is 29.5 Å². The van der Waals surface area contributed by atoms with Crippen LogP contribution in [0, 0.1) is 0 Å². The number of methoxy groups -OCH3 is 1. The molecule has 3 rings (SSSR count). The maximum atomic E-state index is 5.17. The van der Waals surface area contributed by atoms with Gasteiger partial charge >= 0.3 is 0 Å². The molecule has 0 saturated carbocycles. The van der Waals surface area contributed by atoms with Crippen LogP contribution in [0.15, 0.2) is 58.3 Å². The van der Waals surface area contributed by atoms with Gasteiger partial charge in [-0.1, -0.05) is 12.1 Å². The highest BCUT2D eigenvalue weighted by molar-refractivity contribution is 9.10. The van der Waals surface area contributed by atoms with Crippen LogP contribution in [0.25, 0.3) is 5.65 Å². The van der Waals surface area contributed by atoms with Crippen LogP contribution < -0.4 is 15.4 Å². The molecule has 25 heavy (non-hydrogen) atoms. The van der Waals surface area contributed by atoms with Crippen molar-refractivity contribution in [1.82, 2.24) is 20.0 Å². The second kappa shape index (κ2) is 8.02. The number of ether oxygens (including phenoxy) is 1. The first-order valence-corrected chi connectivity index (χ1v) is 8.68. The fourth-order valence-corrected chi connectivity index (χ4v) is 2.78. The van der Waals surface area contributed by atoms with Crippen LogP contribution in [0.2, 0.25) is 0 Å². The van der Waals surface area contributed by atoms with Crippen molar-refractivity contribution in [3.05, 3.63) is 64.5 Å². The molecule has 0 aliphatic carbocycles. The average Bonchev–Trinajstić information content (AvgIpc) is 3.04. The lowest BCUT2D eigenvalue weighted by Gasteiger charge is -2.11. The molecule has 2 heterocycles. The van der Waals surface area contributed by atoms with Gasteiger partial charge in [-0.25, -0.2) is 4.98 Å². The number of nitrogens with one attached hydrogen (secondary N) is 2. The Morgan fingerprint density at radius 3 is 2.60 bits per heavy atom. The van der Waals surface area contributed by atoms with E-state index >= 15 is 0 Å². The quantitative estimate of drug-likeness (QED) is 0.509. The molecular formula is C18H20BrN5O. The third-order valence-corrected chi connectivity index (χ3v) is 4.21. The molecule has 0 atom stereocenters. The Morgan fingerprint density at radius 2 is 1.88 bits per heavy atom. The number of imidazole rings is 1. The number of fused-ring (bicyclic) bond motifs is 1. The summed E-state index contributed by atoms with van der Waals surface area (Å²) < 4.78 is 8.18. The fraction of sp³-hybridized carbons (Fsp3) is 0.222. The Labute approximate surface area is 155 Å². The molecule has 0 bridgehead atoms. The molecule has 0 fully saturated rings. The number of hydrogen-bond acceptors (Lipinski definition) is 3. The van der Waals surface area contributed by atoms with Gasteiger partial charge in [0, 0.05) is 30.5 Å². The van der Waals surface area contributed by atoms with E-state index in [1.807, 2.05) is 53.2 Å². The molecule has 7 heteroatoms. The standard InChI is InChI=1S/C18H20BrN5O/c1-20-18(21-9-13-3-6-16(25-2)7-4-13)22-10-15-12-24-11-14(19)5-8-17(24)23-15/h3-8,11-12H,9-10H2,1-2H3,(H2,20,21,22). The maximum Gasteiger partial charge on any atom is 0.191 e. The van der Waals surface area contributed by atoms with Crippen LogP contribution in [0.1, 0.15) is 11.3 Å². The van der Waals surface area contributed by atoms with Gasteiger partial charge < -0.3 is 19.8 Å². The van der Waals surface area contributed by atoms with Gasteiger partial charge in [0.05, 0.1) is 19.3 Å². The Morgan fingerprint density at radius 1 is 1.12 bits per heavy atom. The molecule has 0 aliphatic heterocycles. The smallest absolute Gasteiger partial charge is 0.191 e. The summed E-state index contributed by atoms with van der Waals surface area (Å²) in [7, 11) is 3.42.